The third-order valence-corrected chi connectivity index (χ3v) is 7.17. The number of allylic oxidation sites excluding steroid dienone is 3. The van der Waals surface area contributed by atoms with Crippen LogP contribution in [0.2, 0.25) is 0 Å². The lowest BCUT2D eigenvalue weighted by atomic mass is 9.86. The smallest absolute Gasteiger partial charge is 0.252 e. The van der Waals surface area contributed by atoms with Crippen LogP contribution in [0, 0.1) is 0 Å². The van der Waals surface area contributed by atoms with Crippen molar-refractivity contribution in [2.24, 2.45) is 0 Å². The van der Waals surface area contributed by atoms with Gasteiger partial charge < -0.3 is 20.5 Å². The molecule has 1 amide bonds. The Labute approximate surface area is 173 Å². The van der Waals surface area contributed by atoms with Gasteiger partial charge in [-0.05, 0) is 64.0 Å². The number of rotatable bonds is 5. The van der Waals surface area contributed by atoms with E-state index >= 15 is 0 Å². The van der Waals surface area contributed by atoms with Crippen LogP contribution in [-0.4, -0.2) is 53.0 Å². The summed E-state index contributed by atoms with van der Waals surface area (Å²) in [5.41, 5.74) is 11.4. The molecule has 2 aliphatic carbocycles. The molecule has 0 saturated heterocycles. The van der Waals surface area contributed by atoms with Gasteiger partial charge in [-0.15, -0.1) is 0 Å². The molecule has 2 fully saturated rings. The van der Waals surface area contributed by atoms with E-state index in [0.717, 1.165) is 57.2 Å². The van der Waals surface area contributed by atoms with Crippen molar-refractivity contribution in [3.05, 3.63) is 47.0 Å². The van der Waals surface area contributed by atoms with Gasteiger partial charge in [0.05, 0.1) is 6.54 Å². The molecule has 5 aliphatic rings. The molecule has 2 saturated carbocycles. The maximum absolute atomic E-state index is 13.8. The number of dihydropyridines is 1. The first-order chi connectivity index (χ1) is 14.1. The molecule has 0 bridgehead atoms. The topological polar surface area (TPSA) is 59.6 Å². The van der Waals surface area contributed by atoms with E-state index in [9.17, 15) is 4.79 Å². The zero-order chi connectivity index (χ0) is 20.0. The van der Waals surface area contributed by atoms with Gasteiger partial charge in [-0.3, -0.25) is 4.79 Å². The Kier molecular flexibility index (Phi) is 4.90. The fraction of sp³-hybridized carbons (Fsp3) is 0.609. The first kappa shape index (κ1) is 18.8. The van der Waals surface area contributed by atoms with Crippen molar-refractivity contribution in [3.8, 4) is 0 Å². The van der Waals surface area contributed by atoms with Crippen molar-refractivity contribution in [2.45, 2.75) is 76.5 Å². The number of hydrazine groups is 1. The Morgan fingerprint density at radius 3 is 2.79 bits per heavy atom. The average Bonchev–Trinajstić information content (AvgIpc) is 3.38. The summed E-state index contributed by atoms with van der Waals surface area (Å²) in [4.78, 5) is 18.4. The minimum Gasteiger partial charge on any atom is -0.383 e. The Morgan fingerprint density at radius 1 is 1.21 bits per heavy atom. The van der Waals surface area contributed by atoms with Gasteiger partial charge in [-0.1, -0.05) is 12.2 Å². The molecule has 6 heteroatoms. The highest BCUT2D eigenvalue weighted by Crippen LogP contribution is 2.39. The minimum atomic E-state index is 0.299. The fourth-order valence-electron chi connectivity index (χ4n) is 5.36. The second-order valence-corrected chi connectivity index (χ2v) is 9.19. The Hall–Kier alpha value is -2.21. The molecule has 6 nitrogen and oxygen atoms in total. The standard InChI is InChI=1S/C23H33N5O/c1-15-11-21(16(2)27(15)14-18-5-3-4-10-24-18)23(29)28(19-6-7-19)20-8-9-22-17(12-20)13-25-26-22/h3-5,13,15,19-20,22,24-26H,6-12,14H2,1-2H3. The van der Waals surface area contributed by atoms with Crippen molar-refractivity contribution in [1.82, 2.24) is 26.0 Å². The van der Waals surface area contributed by atoms with Crippen molar-refractivity contribution in [2.75, 3.05) is 13.1 Å². The summed E-state index contributed by atoms with van der Waals surface area (Å²) >= 11 is 0. The summed E-state index contributed by atoms with van der Waals surface area (Å²) in [5.74, 6) is 0.299. The predicted octanol–water partition coefficient (Wildman–Crippen LogP) is 2.30. The molecule has 0 radical (unpaired) electrons. The van der Waals surface area contributed by atoms with E-state index in [1.54, 1.807) is 0 Å². The summed E-state index contributed by atoms with van der Waals surface area (Å²) in [5, 5.41) is 3.45. The predicted molar refractivity (Wildman–Crippen MR) is 114 cm³/mol. The van der Waals surface area contributed by atoms with Gasteiger partial charge in [0.1, 0.15) is 0 Å². The zero-order valence-electron chi connectivity index (χ0n) is 17.6. The first-order valence-electron chi connectivity index (χ1n) is 11.2. The summed E-state index contributed by atoms with van der Waals surface area (Å²) in [6.07, 6.45) is 14.9. The van der Waals surface area contributed by atoms with Crippen LogP contribution in [0.25, 0.3) is 0 Å². The maximum Gasteiger partial charge on any atom is 0.252 e. The largest absolute Gasteiger partial charge is 0.383 e. The zero-order valence-corrected chi connectivity index (χ0v) is 17.6. The second kappa shape index (κ2) is 7.56. The Morgan fingerprint density at radius 2 is 2.03 bits per heavy atom. The number of carbonyl (C=O) groups is 1. The van der Waals surface area contributed by atoms with Crippen LogP contribution < -0.4 is 16.2 Å². The highest BCUT2D eigenvalue weighted by Gasteiger charge is 2.43. The van der Waals surface area contributed by atoms with Crippen LogP contribution in [0.15, 0.2) is 47.0 Å². The van der Waals surface area contributed by atoms with E-state index in [1.807, 2.05) is 0 Å². The van der Waals surface area contributed by atoms with E-state index < -0.39 is 0 Å². The third kappa shape index (κ3) is 3.59. The van der Waals surface area contributed by atoms with Crippen molar-refractivity contribution >= 4 is 5.91 Å². The molecule has 3 N–H and O–H groups in total. The lowest BCUT2D eigenvalue weighted by molar-refractivity contribution is -0.130. The van der Waals surface area contributed by atoms with Crippen LogP contribution in [-0.2, 0) is 4.79 Å². The lowest BCUT2D eigenvalue weighted by Gasteiger charge is -2.37. The van der Waals surface area contributed by atoms with E-state index in [-0.39, 0.29) is 0 Å². The summed E-state index contributed by atoms with van der Waals surface area (Å²) in [6, 6.07) is 1.61. The third-order valence-electron chi connectivity index (χ3n) is 7.17. The number of fused-ring (bicyclic) bond motifs is 1. The average molecular weight is 396 g/mol. The highest BCUT2D eigenvalue weighted by atomic mass is 16.2. The van der Waals surface area contributed by atoms with E-state index in [1.165, 1.54) is 17.0 Å². The molecule has 156 valence electrons. The SMILES string of the molecule is CC1=C(C(=O)N(C2CC2)C2CCC3NNC=C3C2)CC(C)N1CC1=CC=CCN1. The van der Waals surface area contributed by atoms with Gasteiger partial charge in [0.15, 0.2) is 0 Å². The molecule has 5 rings (SSSR count). The number of carbonyl (C=O) groups excluding carboxylic acids is 1. The lowest BCUT2D eigenvalue weighted by Crippen LogP contribution is -2.47. The van der Waals surface area contributed by atoms with Crippen LogP contribution in [0.1, 0.15) is 52.4 Å². The number of hydrogen-bond donors (Lipinski definition) is 3. The van der Waals surface area contributed by atoms with E-state index in [4.69, 9.17) is 0 Å². The van der Waals surface area contributed by atoms with Crippen LogP contribution >= 0.6 is 0 Å². The fourth-order valence-corrected chi connectivity index (χ4v) is 5.36. The maximum atomic E-state index is 13.8. The van der Waals surface area contributed by atoms with Gasteiger partial charge in [0.2, 0.25) is 0 Å². The molecular weight excluding hydrogens is 362 g/mol. The summed E-state index contributed by atoms with van der Waals surface area (Å²) < 4.78 is 0. The highest BCUT2D eigenvalue weighted by molar-refractivity contribution is 5.95. The molecule has 0 aromatic heterocycles. The molecule has 0 aromatic rings. The van der Waals surface area contributed by atoms with Gasteiger partial charge in [-0.25, -0.2) is 5.43 Å². The van der Waals surface area contributed by atoms with E-state index in [0.29, 0.717) is 30.1 Å². The molecule has 3 unspecified atom stereocenters. The molecule has 0 aromatic carbocycles. The Bertz CT molecular complexity index is 806. The van der Waals surface area contributed by atoms with Gasteiger partial charge in [0.25, 0.3) is 5.91 Å². The first-order valence-corrected chi connectivity index (χ1v) is 11.2. The minimum absolute atomic E-state index is 0.299. The quantitative estimate of drug-likeness (QED) is 0.667. The number of nitrogens with zero attached hydrogens (tertiary/aromatic N) is 2. The van der Waals surface area contributed by atoms with Gasteiger partial charge in [-0.2, -0.15) is 0 Å². The monoisotopic (exact) mass is 395 g/mol. The van der Waals surface area contributed by atoms with Crippen molar-refractivity contribution in [1.29, 1.82) is 0 Å². The normalized spacial score (nSPS) is 31.1. The summed E-state index contributed by atoms with van der Waals surface area (Å²) in [6.45, 7) is 6.13. The van der Waals surface area contributed by atoms with Crippen LogP contribution in [0.3, 0.4) is 0 Å². The Balaban J connectivity index is 1.34. The number of amides is 1. The number of nitrogens with one attached hydrogen (secondary N) is 3. The second-order valence-electron chi connectivity index (χ2n) is 9.19. The molecule has 3 heterocycles. The van der Waals surface area contributed by atoms with Gasteiger partial charge >= 0.3 is 0 Å². The molecule has 3 atom stereocenters. The summed E-state index contributed by atoms with van der Waals surface area (Å²) in [7, 11) is 0. The van der Waals surface area contributed by atoms with Gasteiger partial charge in [0, 0.05) is 53.9 Å². The molecule has 3 aliphatic heterocycles. The van der Waals surface area contributed by atoms with Crippen LogP contribution in [0.4, 0.5) is 0 Å². The van der Waals surface area contributed by atoms with Crippen LogP contribution in [0.5, 0.6) is 0 Å². The van der Waals surface area contributed by atoms with E-state index in [2.05, 4.69) is 64.2 Å². The molecule has 29 heavy (non-hydrogen) atoms. The molecular formula is C23H33N5O. The van der Waals surface area contributed by atoms with Crippen molar-refractivity contribution < 1.29 is 4.79 Å². The number of hydrogen-bond acceptors (Lipinski definition) is 5. The van der Waals surface area contributed by atoms with Crippen molar-refractivity contribution in [3.63, 3.8) is 0 Å². The molecule has 0 spiro atoms.